The molecule has 0 saturated heterocycles. The predicted octanol–water partition coefficient (Wildman–Crippen LogP) is 3.85. The van der Waals surface area contributed by atoms with E-state index in [4.69, 9.17) is 0 Å². The minimum Gasteiger partial charge on any atom is -0.253 e. The second-order valence-corrected chi connectivity index (χ2v) is 3.38. The van der Waals surface area contributed by atoms with Gasteiger partial charge in [-0.1, -0.05) is 12.1 Å². The topological polar surface area (TPSA) is 12.4 Å². The molecule has 0 radical (unpaired) electrons. The summed E-state index contributed by atoms with van der Waals surface area (Å²) in [6.07, 6.45) is 1.09. The van der Waals surface area contributed by atoms with Gasteiger partial charge in [0.1, 0.15) is 17.5 Å². The zero-order valence-corrected chi connectivity index (χ0v) is 8.70. The Hall–Kier alpha value is -2.10. The SMILES string of the molecule is Fc1ccc(F)c(/C=N/c2ccccc2F)c1. The first-order valence-electron chi connectivity index (χ1n) is 4.90. The summed E-state index contributed by atoms with van der Waals surface area (Å²) in [5.41, 5.74) is 0.0596. The fraction of sp³-hybridized carbons (Fsp3) is 0. The van der Waals surface area contributed by atoms with Gasteiger partial charge >= 0.3 is 0 Å². The van der Waals surface area contributed by atoms with Crippen LogP contribution in [0.5, 0.6) is 0 Å². The smallest absolute Gasteiger partial charge is 0.148 e. The summed E-state index contributed by atoms with van der Waals surface area (Å²) in [6.45, 7) is 0. The highest BCUT2D eigenvalue weighted by Crippen LogP contribution is 2.16. The maximum absolute atomic E-state index is 13.2. The lowest BCUT2D eigenvalue weighted by Crippen LogP contribution is -1.89. The van der Waals surface area contributed by atoms with Crippen LogP contribution in [0.4, 0.5) is 18.9 Å². The van der Waals surface area contributed by atoms with Crippen LogP contribution in [0.2, 0.25) is 0 Å². The maximum atomic E-state index is 13.2. The number of rotatable bonds is 2. The second-order valence-electron chi connectivity index (χ2n) is 3.38. The normalized spacial score (nSPS) is 11.0. The molecule has 1 nitrogen and oxygen atoms in total. The van der Waals surface area contributed by atoms with E-state index in [-0.39, 0.29) is 11.3 Å². The number of nitrogens with zero attached hydrogens (tertiary/aromatic N) is 1. The Morgan fingerprint density at radius 1 is 0.882 bits per heavy atom. The molecule has 2 aromatic rings. The van der Waals surface area contributed by atoms with E-state index in [9.17, 15) is 13.2 Å². The number of hydrogen-bond donors (Lipinski definition) is 0. The second kappa shape index (κ2) is 4.82. The van der Waals surface area contributed by atoms with Gasteiger partial charge < -0.3 is 0 Å². The van der Waals surface area contributed by atoms with Crippen molar-refractivity contribution in [3.63, 3.8) is 0 Å². The van der Waals surface area contributed by atoms with Crippen molar-refractivity contribution in [1.29, 1.82) is 0 Å². The molecule has 0 atom stereocenters. The van der Waals surface area contributed by atoms with E-state index in [0.29, 0.717) is 0 Å². The van der Waals surface area contributed by atoms with E-state index >= 15 is 0 Å². The van der Waals surface area contributed by atoms with Gasteiger partial charge in [0.15, 0.2) is 0 Å². The molecule has 0 aliphatic carbocycles. The summed E-state index contributed by atoms with van der Waals surface area (Å²) in [5.74, 6) is -1.69. The zero-order chi connectivity index (χ0) is 12.3. The summed E-state index contributed by atoms with van der Waals surface area (Å²) in [7, 11) is 0. The summed E-state index contributed by atoms with van der Waals surface area (Å²) in [6, 6.07) is 8.83. The van der Waals surface area contributed by atoms with Crippen LogP contribution in [0.3, 0.4) is 0 Å². The zero-order valence-electron chi connectivity index (χ0n) is 8.70. The van der Waals surface area contributed by atoms with E-state index in [2.05, 4.69) is 4.99 Å². The van der Waals surface area contributed by atoms with Crippen molar-refractivity contribution in [2.45, 2.75) is 0 Å². The van der Waals surface area contributed by atoms with Gasteiger partial charge in [0.05, 0.1) is 5.69 Å². The monoisotopic (exact) mass is 235 g/mol. The fourth-order valence-electron chi connectivity index (χ4n) is 1.31. The third-order valence-corrected chi connectivity index (χ3v) is 2.15. The van der Waals surface area contributed by atoms with E-state index in [0.717, 1.165) is 24.4 Å². The van der Waals surface area contributed by atoms with Crippen LogP contribution in [0, 0.1) is 17.5 Å². The van der Waals surface area contributed by atoms with Crippen LogP contribution in [-0.2, 0) is 0 Å². The quantitative estimate of drug-likeness (QED) is 0.701. The Bertz CT molecular complexity index is 564. The minimum atomic E-state index is -0.605. The van der Waals surface area contributed by atoms with Crippen molar-refractivity contribution in [2.75, 3.05) is 0 Å². The Kier molecular flexibility index (Phi) is 3.23. The van der Waals surface area contributed by atoms with Gasteiger partial charge in [-0.15, -0.1) is 0 Å². The number of para-hydroxylation sites is 1. The number of aliphatic imine (C=N–C) groups is 1. The molecule has 0 fully saturated rings. The lowest BCUT2D eigenvalue weighted by atomic mass is 10.2. The van der Waals surface area contributed by atoms with Crippen molar-refractivity contribution in [1.82, 2.24) is 0 Å². The molecule has 0 bridgehead atoms. The van der Waals surface area contributed by atoms with E-state index in [1.54, 1.807) is 6.07 Å². The molecule has 2 rings (SSSR count). The molecule has 2 aromatic carbocycles. The van der Waals surface area contributed by atoms with Gasteiger partial charge in [0.25, 0.3) is 0 Å². The van der Waals surface area contributed by atoms with Crippen molar-refractivity contribution in [3.05, 3.63) is 65.5 Å². The lowest BCUT2D eigenvalue weighted by Gasteiger charge is -1.97. The molecule has 0 heterocycles. The first-order chi connectivity index (χ1) is 8.16. The average molecular weight is 235 g/mol. The number of benzene rings is 2. The lowest BCUT2D eigenvalue weighted by molar-refractivity contribution is 0.598. The maximum Gasteiger partial charge on any atom is 0.148 e. The third-order valence-electron chi connectivity index (χ3n) is 2.15. The standard InChI is InChI=1S/C13H8F3N/c14-10-5-6-11(15)9(7-10)8-17-13-4-2-1-3-12(13)16/h1-8H/b17-8+. The third kappa shape index (κ3) is 2.72. The van der Waals surface area contributed by atoms with Gasteiger partial charge in [0, 0.05) is 11.8 Å². The molecule has 86 valence electrons. The van der Waals surface area contributed by atoms with E-state index < -0.39 is 17.5 Å². The van der Waals surface area contributed by atoms with Gasteiger partial charge in [-0.25, -0.2) is 13.2 Å². The van der Waals surface area contributed by atoms with Crippen molar-refractivity contribution < 1.29 is 13.2 Å². The first-order valence-corrected chi connectivity index (χ1v) is 4.90. The number of halogens is 3. The van der Waals surface area contributed by atoms with Crippen LogP contribution in [0.1, 0.15) is 5.56 Å². The minimum absolute atomic E-state index is 0.0201. The molecule has 0 amide bonds. The van der Waals surface area contributed by atoms with Crippen molar-refractivity contribution >= 4 is 11.9 Å². The van der Waals surface area contributed by atoms with Crippen LogP contribution < -0.4 is 0 Å². The van der Waals surface area contributed by atoms with Crippen LogP contribution in [0.15, 0.2) is 47.5 Å². The van der Waals surface area contributed by atoms with Crippen LogP contribution in [-0.4, -0.2) is 6.21 Å². The molecule has 0 aliphatic heterocycles. The van der Waals surface area contributed by atoms with Gasteiger partial charge in [-0.05, 0) is 30.3 Å². The molecular weight excluding hydrogens is 227 g/mol. The molecule has 0 saturated carbocycles. The Labute approximate surface area is 96.2 Å². The Morgan fingerprint density at radius 3 is 2.41 bits per heavy atom. The van der Waals surface area contributed by atoms with Crippen LogP contribution >= 0.6 is 0 Å². The van der Waals surface area contributed by atoms with E-state index in [1.807, 2.05) is 0 Å². The van der Waals surface area contributed by atoms with Gasteiger partial charge in [-0.2, -0.15) is 0 Å². The summed E-state index contributed by atoms with van der Waals surface area (Å²) >= 11 is 0. The molecule has 4 heteroatoms. The van der Waals surface area contributed by atoms with Gasteiger partial charge in [0.2, 0.25) is 0 Å². The predicted molar refractivity (Wildman–Crippen MR) is 60.0 cm³/mol. The highest BCUT2D eigenvalue weighted by molar-refractivity contribution is 5.82. The highest BCUT2D eigenvalue weighted by atomic mass is 19.1. The molecule has 0 spiro atoms. The van der Waals surface area contributed by atoms with E-state index in [1.165, 1.54) is 18.2 Å². The fourth-order valence-corrected chi connectivity index (χ4v) is 1.31. The molecule has 0 unspecified atom stereocenters. The molecule has 17 heavy (non-hydrogen) atoms. The summed E-state index contributed by atoms with van der Waals surface area (Å²) in [5, 5.41) is 0. The Morgan fingerprint density at radius 2 is 1.65 bits per heavy atom. The first kappa shape index (κ1) is 11.4. The van der Waals surface area contributed by atoms with Crippen molar-refractivity contribution in [3.8, 4) is 0 Å². The summed E-state index contributed by atoms with van der Waals surface area (Å²) < 4.78 is 39.3. The summed E-state index contributed by atoms with van der Waals surface area (Å²) in [4.78, 5) is 3.77. The molecule has 0 aliphatic rings. The van der Waals surface area contributed by atoms with Crippen molar-refractivity contribution in [2.24, 2.45) is 4.99 Å². The molecule has 0 aromatic heterocycles. The Balaban J connectivity index is 2.32. The van der Waals surface area contributed by atoms with Crippen LogP contribution in [0.25, 0.3) is 0 Å². The molecule has 0 N–H and O–H groups in total. The average Bonchev–Trinajstić information content (AvgIpc) is 2.32. The number of hydrogen-bond acceptors (Lipinski definition) is 1. The molecular formula is C13H8F3N. The van der Waals surface area contributed by atoms with Gasteiger partial charge in [-0.3, -0.25) is 4.99 Å². The highest BCUT2D eigenvalue weighted by Gasteiger charge is 2.02. The largest absolute Gasteiger partial charge is 0.253 e.